The van der Waals surface area contributed by atoms with Crippen LogP contribution in [-0.4, -0.2) is 95.5 Å². The van der Waals surface area contributed by atoms with Gasteiger partial charge in [0, 0.05) is 42.3 Å². The summed E-state index contributed by atoms with van der Waals surface area (Å²) in [5.74, 6) is 0. The van der Waals surface area contributed by atoms with Crippen LogP contribution in [0.25, 0.3) is 0 Å². The maximum Gasteiger partial charge on any atom is 0.217 e. The highest BCUT2D eigenvalue weighted by Crippen LogP contribution is 2.39. The molecule has 0 atom stereocenters. The van der Waals surface area contributed by atoms with Gasteiger partial charge in [0.1, 0.15) is 0 Å². The van der Waals surface area contributed by atoms with Gasteiger partial charge in [0.2, 0.25) is 25.2 Å². The maximum atomic E-state index is 2.73. The van der Waals surface area contributed by atoms with Crippen molar-refractivity contribution in [2.24, 2.45) is 0 Å². The van der Waals surface area contributed by atoms with E-state index in [0.717, 1.165) is 0 Å². The molecule has 0 amide bonds. The van der Waals surface area contributed by atoms with E-state index in [1.54, 1.807) is 0 Å². The van der Waals surface area contributed by atoms with Gasteiger partial charge >= 0.3 is 0 Å². The summed E-state index contributed by atoms with van der Waals surface area (Å²) in [6.07, 6.45) is 0. The minimum Gasteiger partial charge on any atom is -0.258 e. The van der Waals surface area contributed by atoms with Crippen molar-refractivity contribution in [3.63, 3.8) is 0 Å². The van der Waals surface area contributed by atoms with Crippen LogP contribution in [0.4, 0.5) is 0 Å². The maximum absolute atomic E-state index is 2.73. The summed E-state index contributed by atoms with van der Waals surface area (Å²) in [6, 6.07) is 0. The van der Waals surface area contributed by atoms with E-state index in [-0.39, 0.29) is 0 Å². The van der Waals surface area contributed by atoms with E-state index < -0.39 is 25.2 Å². The Morgan fingerprint density at radius 3 is 0.667 bits per heavy atom. The molecule has 0 radical (unpaired) electrons. The van der Waals surface area contributed by atoms with Crippen LogP contribution < -0.4 is 0 Å². The summed E-state index contributed by atoms with van der Waals surface area (Å²) in [4.78, 5) is 0. The number of rotatable bonds is 3. The van der Waals surface area contributed by atoms with Gasteiger partial charge in [-0.2, -0.15) is 0 Å². The molecule has 1 fully saturated rings. The molecule has 1 heterocycles. The van der Waals surface area contributed by atoms with Gasteiger partial charge < -0.3 is 0 Å². The van der Waals surface area contributed by atoms with Crippen molar-refractivity contribution in [1.82, 2.24) is 28.0 Å². The lowest BCUT2D eigenvalue weighted by atomic mass is 11.2. The molecule has 1 aliphatic heterocycles. The normalized spacial score (nSPS) is 27.0. The van der Waals surface area contributed by atoms with Gasteiger partial charge in [0.15, 0.2) is 0 Å². The predicted molar refractivity (Wildman–Crippen MR) is 99.0 cm³/mol. The highest BCUT2D eigenvalue weighted by Gasteiger charge is 2.64. The van der Waals surface area contributed by atoms with Gasteiger partial charge in [-0.15, -0.1) is 0 Å². The minimum absolute atomic E-state index is 1.76. The minimum atomic E-state index is -1.76. The van der Waals surface area contributed by atoms with Gasteiger partial charge in [0.05, 0.1) is 0 Å². The van der Waals surface area contributed by atoms with Crippen molar-refractivity contribution in [1.29, 1.82) is 0 Å². The van der Waals surface area contributed by atoms with Gasteiger partial charge in [-0.25, -0.2) is 0 Å². The molecule has 0 aliphatic carbocycles. The second-order valence-corrected chi connectivity index (χ2v) is 20.8. The smallest absolute Gasteiger partial charge is 0.217 e. The SMILES string of the molecule is CN(C)N1[Si](C)(C)N(N(C)C)[Si](C)(C)N(N(C)C)[Si]1(C)C. The summed E-state index contributed by atoms with van der Waals surface area (Å²) < 4.78 is 8.20. The number of hydrogen-bond acceptors (Lipinski definition) is 6. The van der Waals surface area contributed by atoms with Crippen LogP contribution >= 0.6 is 0 Å². The van der Waals surface area contributed by atoms with Crippen LogP contribution in [0.2, 0.25) is 39.3 Å². The zero-order valence-corrected chi connectivity index (χ0v) is 19.2. The highest BCUT2D eigenvalue weighted by atomic mass is 28.5. The van der Waals surface area contributed by atoms with Crippen LogP contribution in [0.3, 0.4) is 0 Å². The third-order valence-corrected chi connectivity index (χ3v) is 22.8. The van der Waals surface area contributed by atoms with E-state index in [2.05, 4.69) is 110 Å². The number of nitrogens with zero attached hydrogens (tertiary/aromatic N) is 6. The quantitative estimate of drug-likeness (QED) is 0.714. The monoisotopic (exact) mass is 348 g/mol. The average molecular weight is 349 g/mol. The summed E-state index contributed by atoms with van der Waals surface area (Å²) >= 11 is 0. The number of hydrogen-bond donors (Lipinski definition) is 0. The average Bonchev–Trinajstić information content (AvgIpc) is 2.07. The Kier molecular flexibility index (Phi) is 5.37. The van der Waals surface area contributed by atoms with Crippen molar-refractivity contribution in [2.45, 2.75) is 39.3 Å². The van der Waals surface area contributed by atoms with Crippen LogP contribution in [0.15, 0.2) is 0 Å². The van der Waals surface area contributed by atoms with Gasteiger partial charge in [-0.1, -0.05) is 0 Å². The van der Waals surface area contributed by atoms with E-state index in [1.807, 2.05) is 0 Å². The summed E-state index contributed by atoms with van der Waals surface area (Å²) in [5.41, 5.74) is 0. The first-order valence-corrected chi connectivity index (χ1v) is 16.3. The molecule has 0 saturated carbocycles. The third-order valence-electron chi connectivity index (χ3n) is 4.31. The van der Waals surface area contributed by atoms with E-state index in [9.17, 15) is 0 Å². The van der Waals surface area contributed by atoms with Crippen LogP contribution in [0.5, 0.6) is 0 Å². The van der Waals surface area contributed by atoms with Crippen LogP contribution in [-0.2, 0) is 0 Å². The second-order valence-electron chi connectivity index (χ2n) is 7.96. The molecule has 1 rings (SSSR count). The zero-order chi connectivity index (χ0) is 17.0. The van der Waals surface area contributed by atoms with Crippen LogP contribution in [0, 0.1) is 0 Å². The first-order chi connectivity index (χ1) is 9.20. The molecule has 1 aliphatic rings. The molecule has 0 aromatic rings. The predicted octanol–water partition coefficient (Wildman–Crippen LogP) is 1.44. The standard InChI is InChI=1S/C12H36N6Si3/c1-13(2)16-19(7,8)17(14(3)4)21(11,12)18(15(5)6)20(16,9)10/h1-12H3. The Bertz CT molecular complexity index is 308. The Morgan fingerprint density at radius 2 is 0.571 bits per heavy atom. The zero-order valence-electron chi connectivity index (χ0n) is 16.2. The first kappa shape index (κ1) is 19.5. The summed E-state index contributed by atoms with van der Waals surface area (Å²) in [6.45, 7) is 14.9. The first-order valence-electron chi connectivity index (χ1n) is 7.62. The topological polar surface area (TPSA) is 19.4 Å². The fourth-order valence-electron chi connectivity index (χ4n) is 5.21. The lowest BCUT2D eigenvalue weighted by Crippen LogP contribution is -2.93. The van der Waals surface area contributed by atoms with E-state index >= 15 is 0 Å². The Labute approximate surface area is 135 Å². The molecule has 9 heteroatoms. The van der Waals surface area contributed by atoms with Crippen molar-refractivity contribution >= 4 is 25.2 Å². The Balaban J connectivity index is 3.58. The van der Waals surface area contributed by atoms with Crippen molar-refractivity contribution in [3.8, 4) is 0 Å². The van der Waals surface area contributed by atoms with Gasteiger partial charge in [-0.05, 0) is 39.3 Å². The molecule has 21 heavy (non-hydrogen) atoms. The molecular weight excluding hydrogens is 312 g/mol. The van der Waals surface area contributed by atoms with E-state index in [0.29, 0.717) is 0 Å². The van der Waals surface area contributed by atoms with Crippen molar-refractivity contribution in [3.05, 3.63) is 0 Å². The molecule has 0 spiro atoms. The molecule has 1 saturated heterocycles. The summed E-state index contributed by atoms with van der Waals surface area (Å²) in [5, 5.41) is 7.03. The molecule has 6 nitrogen and oxygen atoms in total. The lowest BCUT2D eigenvalue weighted by Gasteiger charge is -2.69. The summed E-state index contributed by atoms with van der Waals surface area (Å²) in [7, 11) is 7.92. The fraction of sp³-hybridized carbons (Fsp3) is 1.00. The molecule has 0 aromatic carbocycles. The largest absolute Gasteiger partial charge is 0.258 e. The highest BCUT2D eigenvalue weighted by molar-refractivity contribution is 7.03. The molecular formula is C12H36N6Si3. The Hall–Kier alpha value is 0.411. The van der Waals surface area contributed by atoms with Crippen molar-refractivity contribution in [2.75, 3.05) is 42.3 Å². The Morgan fingerprint density at radius 1 is 0.429 bits per heavy atom. The molecule has 0 bridgehead atoms. The fourth-order valence-corrected chi connectivity index (χ4v) is 30.3. The van der Waals surface area contributed by atoms with Gasteiger partial charge in [-0.3, -0.25) is 28.0 Å². The van der Waals surface area contributed by atoms with Crippen LogP contribution in [0.1, 0.15) is 0 Å². The number of hydrazine groups is 3. The molecule has 0 N–H and O–H groups in total. The molecule has 0 aromatic heterocycles. The van der Waals surface area contributed by atoms with Gasteiger partial charge in [0.25, 0.3) is 0 Å². The molecule has 0 unspecified atom stereocenters. The second kappa shape index (κ2) is 5.80. The van der Waals surface area contributed by atoms with E-state index in [1.165, 1.54) is 0 Å². The third kappa shape index (κ3) is 2.95. The van der Waals surface area contributed by atoms with Crippen molar-refractivity contribution < 1.29 is 0 Å². The molecule has 126 valence electrons. The lowest BCUT2D eigenvalue weighted by molar-refractivity contribution is 0.0631. The van der Waals surface area contributed by atoms with E-state index in [4.69, 9.17) is 0 Å².